The number of amides is 1. The van der Waals surface area contributed by atoms with Crippen LogP contribution in [0.25, 0.3) is 0 Å². The van der Waals surface area contributed by atoms with E-state index in [9.17, 15) is 13.2 Å². The zero-order chi connectivity index (χ0) is 13.9. The monoisotopic (exact) mass is 302 g/mol. The molecule has 0 saturated heterocycles. The van der Waals surface area contributed by atoms with E-state index in [-0.39, 0.29) is 18.4 Å². The first kappa shape index (κ1) is 14.3. The number of anilines is 1. The van der Waals surface area contributed by atoms with Crippen molar-refractivity contribution in [3.8, 4) is 0 Å². The molecule has 0 unspecified atom stereocenters. The molecule has 0 aromatic heterocycles. The van der Waals surface area contributed by atoms with Gasteiger partial charge in [0.15, 0.2) is 0 Å². The van der Waals surface area contributed by atoms with Gasteiger partial charge in [-0.1, -0.05) is 12.1 Å². The van der Waals surface area contributed by atoms with Gasteiger partial charge in [0.1, 0.15) is 5.21 Å². The summed E-state index contributed by atoms with van der Waals surface area (Å²) in [7, 11) is -3.40. The minimum absolute atomic E-state index is 0.0515. The summed E-state index contributed by atoms with van der Waals surface area (Å²) in [5.41, 5.74) is 1.53. The van der Waals surface area contributed by atoms with Crippen LogP contribution in [0, 0.1) is 5.92 Å². The molecule has 1 amide bonds. The van der Waals surface area contributed by atoms with Crippen LogP contribution in [0.2, 0.25) is 0 Å². The van der Waals surface area contributed by atoms with Gasteiger partial charge in [0, 0.05) is 18.2 Å². The topological polar surface area (TPSA) is 75.3 Å². The zero-order valence-electron chi connectivity index (χ0n) is 10.2. The minimum atomic E-state index is -3.40. The molecule has 1 saturated carbocycles. The quantitative estimate of drug-likeness (QED) is 0.785. The third-order valence-electron chi connectivity index (χ3n) is 2.81. The van der Waals surface area contributed by atoms with Crippen molar-refractivity contribution in [1.29, 1.82) is 0 Å². The number of hydrogen-bond acceptors (Lipinski definition) is 3. The Bertz CT molecular complexity index is 553. The Hall–Kier alpha value is -1.11. The second-order valence-corrected chi connectivity index (χ2v) is 6.90. The van der Waals surface area contributed by atoms with Crippen molar-refractivity contribution in [2.24, 2.45) is 5.92 Å². The van der Waals surface area contributed by atoms with Crippen LogP contribution in [0.4, 0.5) is 5.69 Å². The van der Waals surface area contributed by atoms with Crippen LogP contribution in [0.3, 0.4) is 0 Å². The third-order valence-corrected chi connectivity index (χ3v) is 4.54. The van der Waals surface area contributed by atoms with Crippen LogP contribution in [0.1, 0.15) is 18.4 Å². The van der Waals surface area contributed by atoms with E-state index in [1.165, 1.54) is 0 Å². The Morgan fingerprint density at radius 3 is 2.42 bits per heavy atom. The van der Waals surface area contributed by atoms with Gasteiger partial charge in [0.2, 0.25) is 15.9 Å². The molecule has 1 aromatic carbocycles. The highest BCUT2D eigenvalue weighted by Gasteiger charge is 2.29. The molecule has 0 atom stereocenters. The van der Waals surface area contributed by atoms with Crippen LogP contribution in [0.15, 0.2) is 24.3 Å². The Morgan fingerprint density at radius 2 is 1.89 bits per heavy atom. The van der Waals surface area contributed by atoms with Gasteiger partial charge in [0.05, 0.1) is 0 Å². The molecule has 0 spiro atoms. The van der Waals surface area contributed by atoms with Crippen molar-refractivity contribution in [3.05, 3.63) is 29.8 Å². The van der Waals surface area contributed by atoms with Crippen LogP contribution in [0.5, 0.6) is 0 Å². The summed E-state index contributed by atoms with van der Waals surface area (Å²) in [5.74, 6) is 0.214. The molecule has 1 aliphatic carbocycles. The Kier molecular flexibility index (Phi) is 4.44. The fraction of sp³-hybridized carbons (Fsp3) is 0.417. The van der Waals surface area contributed by atoms with Crippen molar-refractivity contribution in [1.82, 2.24) is 4.72 Å². The maximum atomic E-state index is 11.5. The van der Waals surface area contributed by atoms with E-state index in [4.69, 9.17) is 11.6 Å². The van der Waals surface area contributed by atoms with Crippen molar-refractivity contribution in [2.75, 3.05) is 10.5 Å². The second kappa shape index (κ2) is 5.90. The summed E-state index contributed by atoms with van der Waals surface area (Å²) in [6, 6.07) is 7.04. The summed E-state index contributed by atoms with van der Waals surface area (Å²) in [5, 5.41) is 2.36. The number of carbonyl (C=O) groups excluding carboxylic acids is 1. The highest BCUT2D eigenvalue weighted by Crippen LogP contribution is 2.30. The average molecular weight is 303 g/mol. The van der Waals surface area contributed by atoms with Gasteiger partial charge in [0.25, 0.3) is 0 Å². The number of rotatable bonds is 6. The smallest absolute Gasteiger partial charge is 0.227 e. The normalized spacial score (nSPS) is 15.2. The van der Waals surface area contributed by atoms with Crippen LogP contribution >= 0.6 is 11.6 Å². The second-order valence-electron chi connectivity index (χ2n) is 4.51. The lowest BCUT2D eigenvalue weighted by atomic mass is 10.2. The molecule has 0 aliphatic heterocycles. The van der Waals surface area contributed by atoms with E-state index in [0.29, 0.717) is 0 Å². The summed E-state index contributed by atoms with van der Waals surface area (Å²) in [4.78, 5) is 11.5. The molecule has 0 radical (unpaired) electrons. The predicted octanol–water partition coefficient (Wildman–Crippen LogP) is 1.65. The Balaban J connectivity index is 1.89. The number of halogens is 1. The van der Waals surface area contributed by atoms with Crippen molar-refractivity contribution < 1.29 is 13.2 Å². The fourth-order valence-corrected chi connectivity index (χ4v) is 2.22. The molecule has 1 aliphatic rings. The first-order valence-corrected chi connectivity index (χ1v) is 8.12. The third kappa shape index (κ3) is 4.49. The molecule has 104 valence electrons. The van der Waals surface area contributed by atoms with E-state index < -0.39 is 15.2 Å². The maximum Gasteiger partial charge on any atom is 0.227 e. The molecule has 7 heteroatoms. The summed E-state index contributed by atoms with van der Waals surface area (Å²) in [6.45, 7) is 0.186. The molecule has 19 heavy (non-hydrogen) atoms. The van der Waals surface area contributed by atoms with E-state index >= 15 is 0 Å². The number of benzene rings is 1. The lowest BCUT2D eigenvalue weighted by Gasteiger charge is -2.07. The summed E-state index contributed by atoms with van der Waals surface area (Å²) < 4.78 is 24.7. The SMILES string of the molecule is O=C(Nc1ccc(CNS(=O)(=O)CCl)cc1)C1CC1. The van der Waals surface area contributed by atoms with Crippen molar-refractivity contribution >= 4 is 33.2 Å². The minimum Gasteiger partial charge on any atom is -0.326 e. The Morgan fingerprint density at radius 1 is 1.26 bits per heavy atom. The van der Waals surface area contributed by atoms with Crippen molar-refractivity contribution in [3.63, 3.8) is 0 Å². The molecular formula is C12H15ClN2O3S. The lowest BCUT2D eigenvalue weighted by Crippen LogP contribution is -2.23. The van der Waals surface area contributed by atoms with Crippen LogP contribution in [-0.4, -0.2) is 19.5 Å². The molecule has 5 nitrogen and oxygen atoms in total. The zero-order valence-corrected chi connectivity index (χ0v) is 11.8. The average Bonchev–Trinajstić information content (AvgIpc) is 3.22. The van der Waals surface area contributed by atoms with E-state index in [1.54, 1.807) is 24.3 Å². The van der Waals surface area contributed by atoms with Crippen LogP contribution in [-0.2, 0) is 21.4 Å². The summed E-state index contributed by atoms with van der Waals surface area (Å²) in [6.07, 6.45) is 1.92. The number of nitrogens with one attached hydrogen (secondary N) is 2. The Labute approximate surface area is 117 Å². The van der Waals surface area contributed by atoms with E-state index in [1.807, 2.05) is 0 Å². The van der Waals surface area contributed by atoms with Gasteiger partial charge in [-0.3, -0.25) is 4.79 Å². The highest BCUT2D eigenvalue weighted by molar-refractivity contribution is 7.90. The number of hydrogen-bond donors (Lipinski definition) is 2. The summed E-state index contributed by atoms with van der Waals surface area (Å²) >= 11 is 5.28. The van der Waals surface area contributed by atoms with Gasteiger partial charge in [-0.05, 0) is 30.5 Å². The molecule has 2 N–H and O–H groups in total. The standard InChI is InChI=1S/C12H15ClN2O3S/c13-8-19(17,18)14-7-9-1-5-11(6-2-9)15-12(16)10-3-4-10/h1-2,5-6,10,14H,3-4,7-8H2,(H,15,16). The first-order chi connectivity index (χ1) is 9.00. The maximum absolute atomic E-state index is 11.5. The number of carbonyl (C=O) groups is 1. The molecule has 2 rings (SSSR count). The number of sulfonamides is 1. The molecule has 1 fully saturated rings. The largest absolute Gasteiger partial charge is 0.326 e. The van der Waals surface area contributed by atoms with Gasteiger partial charge >= 0.3 is 0 Å². The molecular weight excluding hydrogens is 288 g/mol. The predicted molar refractivity (Wildman–Crippen MR) is 74.3 cm³/mol. The molecule has 1 aromatic rings. The van der Waals surface area contributed by atoms with E-state index in [2.05, 4.69) is 10.0 Å². The van der Waals surface area contributed by atoms with E-state index in [0.717, 1.165) is 24.1 Å². The fourth-order valence-electron chi connectivity index (χ4n) is 1.53. The molecule has 0 heterocycles. The van der Waals surface area contributed by atoms with Crippen molar-refractivity contribution in [2.45, 2.75) is 19.4 Å². The highest BCUT2D eigenvalue weighted by atomic mass is 35.5. The van der Waals surface area contributed by atoms with Gasteiger partial charge in [-0.15, -0.1) is 11.6 Å². The van der Waals surface area contributed by atoms with Gasteiger partial charge in [-0.25, -0.2) is 13.1 Å². The lowest BCUT2D eigenvalue weighted by molar-refractivity contribution is -0.117. The van der Waals surface area contributed by atoms with Crippen LogP contribution < -0.4 is 10.0 Å². The number of alkyl halides is 1. The first-order valence-electron chi connectivity index (χ1n) is 5.93. The molecule has 0 bridgehead atoms. The van der Waals surface area contributed by atoms with Gasteiger partial charge in [-0.2, -0.15) is 0 Å². The van der Waals surface area contributed by atoms with Gasteiger partial charge < -0.3 is 5.32 Å².